The van der Waals surface area contributed by atoms with Crippen molar-refractivity contribution >= 4 is 115 Å². The molecule has 53 heavy (non-hydrogen) atoms. The predicted octanol–water partition coefficient (Wildman–Crippen LogP) is 13.8. The van der Waals surface area contributed by atoms with Gasteiger partial charge in [0.2, 0.25) is 0 Å². The van der Waals surface area contributed by atoms with Gasteiger partial charge in [0.1, 0.15) is 0 Å². The van der Waals surface area contributed by atoms with E-state index in [1.54, 1.807) is 0 Å². The first-order valence-electron chi connectivity index (χ1n) is 18.4. The quantitative estimate of drug-likeness (QED) is 0.182. The predicted molar refractivity (Wildman–Crippen MR) is 225 cm³/mol. The Morgan fingerprint density at radius 3 is 1.43 bits per heavy atom. The fourth-order valence-corrected chi connectivity index (χ4v) is 9.81. The second-order valence-electron chi connectivity index (χ2n) is 14.5. The lowest BCUT2D eigenvalue weighted by molar-refractivity contribution is 1.27. The van der Waals surface area contributed by atoms with Gasteiger partial charge >= 0.3 is 0 Å². The van der Waals surface area contributed by atoms with E-state index in [4.69, 9.17) is 0 Å². The van der Waals surface area contributed by atoms with E-state index in [0.29, 0.717) is 0 Å². The normalized spacial score (nSPS) is 12.5. The highest BCUT2D eigenvalue weighted by molar-refractivity contribution is 6.36. The molecule has 0 radical (unpaired) electrons. The van der Waals surface area contributed by atoms with E-state index in [-0.39, 0.29) is 0 Å². The molecule has 0 bridgehead atoms. The number of para-hydroxylation sites is 4. The van der Waals surface area contributed by atoms with Crippen molar-refractivity contribution in [1.29, 1.82) is 0 Å². The molecule has 3 heteroatoms. The Balaban J connectivity index is 1.29. The molecule has 9 aromatic carbocycles. The van der Waals surface area contributed by atoms with Gasteiger partial charge < -0.3 is 13.7 Å². The van der Waals surface area contributed by atoms with Crippen LogP contribution in [0, 0.1) is 0 Å². The number of anilines is 3. The van der Waals surface area contributed by atoms with E-state index in [1.807, 2.05) is 0 Å². The third-order valence-electron chi connectivity index (χ3n) is 11.9. The molecule has 0 unspecified atom stereocenters. The minimum atomic E-state index is 1.13. The molecule has 13 rings (SSSR count). The van der Waals surface area contributed by atoms with Gasteiger partial charge in [-0.25, -0.2) is 0 Å². The zero-order chi connectivity index (χ0) is 34.4. The molecule has 0 atom stereocenters. The molecule has 0 saturated carbocycles. The number of aromatic nitrogens is 2. The molecular weight excluding hydrogens is 643 g/mol. The largest absolute Gasteiger partial charge is 0.308 e. The molecule has 244 valence electrons. The Labute approximate surface area is 303 Å². The van der Waals surface area contributed by atoms with Crippen molar-refractivity contribution < 1.29 is 0 Å². The van der Waals surface area contributed by atoms with E-state index in [0.717, 1.165) is 17.1 Å². The van der Waals surface area contributed by atoms with Gasteiger partial charge in [-0.3, -0.25) is 0 Å². The average molecular weight is 672 g/mol. The van der Waals surface area contributed by atoms with Crippen LogP contribution in [0.5, 0.6) is 0 Å². The fourth-order valence-electron chi connectivity index (χ4n) is 9.81. The van der Waals surface area contributed by atoms with Crippen LogP contribution in [0.4, 0.5) is 17.1 Å². The van der Waals surface area contributed by atoms with Gasteiger partial charge in [0, 0.05) is 54.5 Å². The van der Waals surface area contributed by atoms with Gasteiger partial charge in [0.25, 0.3) is 0 Å². The van der Waals surface area contributed by atoms with Crippen molar-refractivity contribution in [3.8, 4) is 0 Å². The maximum absolute atomic E-state index is 2.59. The maximum atomic E-state index is 2.59. The fraction of sp³-hybridized carbons (Fsp3) is 0. The smallest absolute Gasteiger partial charge is 0.0782 e. The Bertz CT molecular complexity index is 3570. The van der Waals surface area contributed by atoms with E-state index in [1.165, 1.54) is 97.7 Å². The highest BCUT2D eigenvalue weighted by Gasteiger charge is 2.27. The van der Waals surface area contributed by atoms with Gasteiger partial charge in [-0.1, -0.05) is 115 Å². The summed E-state index contributed by atoms with van der Waals surface area (Å²) >= 11 is 0. The van der Waals surface area contributed by atoms with Crippen LogP contribution in [0.1, 0.15) is 0 Å². The monoisotopic (exact) mass is 671 g/mol. The molecule has 0 N–H and O–H groups in total. The molecule has 0 saturated heterocycles. The summed E-state index contributed by atoms with van der Waals surface area (Å²) in [5.74, 6) is 0. The zero-order valence-corrected chi connectivity index (χ0v) is 28.6. The highest BCUT2D eigenvalue weighted by Crippen LogP contribution is 2.50. The van der Waals surface area contributed by atoms with Crippen molar-refractivity contribution in [1.82, 2.24) is 8.80 Å². The molecule has 4 heterocycles. The second kappa shape index (κ2) is 9.81. The molecule has 0 aliphatic rings. The summed E-state index contributed by atoms with van der Waals surface area (Å²) in [6, 6.07) is 65.0. The Kier molecular flexibility index (Phi) is 5.11. The molecule has 0 aliphatic heterocycles. The van der Waals surface area contributed by atoms with Crippen LogP contribution in [-0.2, 0) is 0 Å². The molecule has 0 aliphatic carbocycles. The lowest BCUT2D eigenvalue weighted by Gasteiger charge is -2.26. The van der Waals surface area contributed by atoms with Crippen LogP contribution in [0.15, 0.2) is 176 Å². The van der Waals surface area contributed by atoms with Crippen molar-refractivity contribution in [3.63, 3.8) is 0 Å². The molecule has 4 aromatic heterocycles. The lowest BCUT2D eigenvalue weighted by Crippen LogP contribution is -2.10. The van der Waals surface area contributed by atoms with Crippen molar-refractivity contribution in [2.75, 3.05) is 4.90 Å². The van der Waals surface area contributed by atoms with Crippen LogP contribution < -0.4 is 4.90 Å². The van der Waals surface area contributed by atoms with Crippen molar-refractivity contribution in [2.45, 2.75) is 0 Å². The van der Waals surface area contributed by atoms with Crippen LogP contribution in [0.3, 0.4) is 0 Å². The molecule has 0 spiro atoms. The van der Waals surface area contributed by atoms with Crippen LogP contribution in [0.2, 0.25) is 0 Å². The van der Waals surface area contributed by atoms with Gasteiger partial charge in [0.05, 0.1) is 38.8 Å². The molecule has 13 aromatic rings. The summed E-state index contributed by atoms with van der Waals surface area (Å²) in [5.41, 5.74) is 11.0. The first kappa shape index (κ1) is 27.6. The first-order chi connectivity index (χ1) is 26.3. The Hall–Kier alpha value is -7.10. The molecule has 0 amide bonds. The summed E-state index contributed by atoms with van der Waals surface area (Å²) in [5, 5.41) is 15.5. The van der Waals surface area contributed by atoms with Crippen molar-refractivity contribution in [3.05, 3.63) is 176 Å². The summed E-state index contributed by atoms with van der Waals surface area (Å²) in [4.78, 5) is 2.42. The lowest BCUT2D eigenvalue weighted by atomic mass is 9.98. The summed E-state index contributed by atoms with van der Waals surface area (Å²) in [6.45, 7) is 0. The van der Waals surface area contributed by atoms with E-state index in [2.05, 4.69) is 190 Å². The SMILES string of the molecule is c1ccc(N(c2ccccc2)c2cccc3c4cc5ccccc5c5c6cc7c(cc6n(c23)c45)c2c3ccccc3cc3c4ccccc4n7c32)cc1. The third kappa shape index (κ3) is 3.40. The molecule has 0 fully saturated rings. The van der Waals surface area contributed by atoms with Crippen LogP contribution in [-0.4, -0.2) is 8.80 Å². The number of benzene rings is 9. The second-order valence-corrected chi connectivity index (χ2v) is 14.5. The zero-order valence-electron chi connectivity index (χ0n) is 28.6. The number of hydrogen-bond acceptors (Lipinski definition) is 1. The molecule has 3 nitrogen and oxygen atoms in total. The Morgan fingerprint density at radius 1 is 0.302 bits per heavy atom. The number of rotatable bonds is 3. The topological polar surface area (TPSA) is 12.1 Å². The minimum absolute atomic E-state index is 1.13. The third-order valence-corrected chi connectivity index (χ3v) is 11.9. The van der Waals surface area contributed by atoms with Gasteiger partial charge in [-0.15, -0.1) is 0 Å². The van der Waals surface area contributed by atoms with Crippen LogP contribution in [0.25, 0.3) is 97.7 Å². The standard InChI is InChI=1S/C50H29N3/c1-3-16-32(17-4-1)51(33-18-5-2-6-19-33)43-25-13-23-37-39-27-31-15-8-10-21-35(31)47-41-28-44-40(29-45(41)53(48(37)43)50(39)47)46-34-20-9-7-14-30(34)26-38-36-22-11-12-24-42(36)52(44)49(38)46/h1-29H. The number of nitrogens with zero attached hydrogens (tertiary/aromatic N) is 3. The highest BCUT2D eigenvalue weighted by atomic mass is 15.2. The molecular formula is C50H29N3. The Morgan fingerprint density at radius 2 is 0.792 bits per heavy atom. The van der Waals surface area contributed by atoms with Gasteiger partial charge in [0.15, 0.2) is 0 Å². The van der Waals surface area contributed by atoms with E-state index in [9.17, 15) is 0 Å². The van der Waals surface area contributed by atoms with Crippen molar-refractivity contribution in [2.24, 2.45) is 0 Å². The summed E-state index contributed by atoms with van der Waals surface area (Å²) in [6.07, 6.45) is 0. The van der Waals surface area contributed by atoms with Gasteiger partial charge in [-0.05, 0) is 82.2 Å². The maximum Gasteiger partial charge on any atom is 0.0782 e. The number of hydrogen-bond donors (Lipinski definition) is 0. The van der Waals surface area contributed by atoms with Gasteiger partial charge in [-0.2, -0.15) is 0 Å². The first-order valence-corrected chi connectivity index (χ1v) is 18.4. The van der Waals surface area contributed by atoms with E-state index >= 15 is 0 Å². The number of fused-ring (bicyclic) bond motifs is 16. The van der Waals surface area contributed by atoms with Crippen LogP contribution >= 0.6 is 0 Å². The summed E-state index contributed by atoms with van der Waals surface area (Å²) < 4.78 is 5.12. The summed E-state index contributed by atoms with van der Waals surface area (Å²) in [7, 11) is 0. The van der Waals surface area contributed by atoms with E-state index < -0.39 is 0 Å². The average Bonchev–Trinajstić information content (AvgIpc) is 3.94. The minimum Gasteiger partial charge on any atom is -0.308 e.